The van der Waals surface area contributed by atoms with Crippen molar-refractivity contribution in [3.63, 3.8) is 0 Å². The van der Waals surface area contributed by atoms with Crippen LogP contribution < -0.4 is 9.47 Å². The fourth-order valence-electron chi connectivity index (χ4n) is 4.03. The van der Waals surface area contributed by atoms with E-state index in [2.05, 4.69) is 16.9 Å². The number of benzene rings is 1. The molecule has 1 aromatic heterocycles. The summed E-state index contributed by atoms with van der Waals surface area (Å²) in [5.41, 5.74) is 2.13. The minimum absolute atomic E-state index is 0.0228. The first kappa shape index (κ1) is 19.6. The number of methoxy groups -OCH3 is 1. The summed E-state index contributed by atoms with van der Waals surface area (Å²) in [6.07, 6.45) is 5.02. The number of hydrogen-bond acceptors (Lipinski definition) is 6. The number of piperidine rings is 1. The number of ether oxygens (including phenoxy) is 2. The summed E-state index contributed by atoms with van der Waals surface area (Å²) in [6, 6.07) is 7.23. The van der Waals surface area contributed by atoms with Crippen LogP contribution in [-0.4, -0.2) is 66.1 Å². The lowest BCUT2D eigenvalue weighted by atomic mass is 9.97. The zero-order chi connectivity index (χ0) is 20.2. The van der Waals surface area contributed by atoms with Gasteiger partial charge in [-0.2, -0.15) is 0 Å². The van der Waals surface area contributed by atoms with Crippen LogP contribution in [0.5, 0.6) is 11.5 Å². The maximum Gasteiger partial charge on any atom is 0.260 e. The van der Waals surface area contributed by atoms with Crippen molar-refractivity contribution in [2.24, 2.45) is 0 Å². The number of rotatable bonds is 5. The van der Waals surface area contributed by atoms with Gasteiger partial charge in [-0.3, -0.25) is 4.79 Å². The molecule has 0 aliphatic carbocycles. The number of carbonyl (C=O) groups excluding carboxylic acids is 1. The molecular formula is C22H28N4O3. The second-order valence-electron chi connectivity index (χ2n) is 7.83. The van der Waals surface area contributed by atoms with Crippen molar-refractivity contribution in [1.29, 1.82) is 0 Å². The van der Waals surface area contributed by atoms with Crippen LogP contribution in [0.4, 0.5) is 0 Å². The molecular weight excluding hydrogens is 368 g/mol. The number of amides is 1. The fourth-order valence-corrected chi connectivity index (χ4v) is 4.03. The van der Waals surface area contributed by atoms with Crippen LogP contribution in [0.25, 0.3) is 0 Å². The molecule has 4 rings (SSSR count). The van der Waals surface area contributed by atoms with Crippen LogP contribution >= 0.6 is 0 Å². The molecule has 1 amide bonds. The van der Waals surface area contributed by atoms with Gasteiger partial charge in [-0.1, -0.05) is 0 Å². The van der Waals surface area contributed by atoms with Crippen LogP contribution in [0.2, 0.25) is 0 Å². The average molecular weight is 396 g/mol. The number of likely N-dealkylation sites (N-methyl/N-ethyl adjacent to an activating group) is 1. The van der Waals surface area contributed by atoms with Gasteiger partial charge in [-0.05, 0) is 50.7 Å². The summed E-state index contributed by atoms with van der Waals surface area (Å²) in [6.45, 7) is 3.40. The van der Waals surface area contributed by atoms with E-state index in [-0.39, 0.29) is 12.5 Å². The molecule has 29 heavy (non-hydrogen) atoms. The quantitative estimate of drug-likeness (QED) is 0.772. The zero-order valence-corrected chi connectivity index (χ0v) is 17.1. The lowest BCUT2D eigenvalue weighted by Crippen LogP contribution is -2.39. The standard InChI is InChI=1S/C22H28N4O3/c1-25-10-3-4-16(13-25)22-23-12-17-14-26(11-9-20(17)24-22)21(27)15-29-19-7-5-18(28-2)6-8-19/h5-8,12,16H,3-4,9-11,13-15H2,1-2H3. The van der Waals surface area contributed by atoms with E-state index in [1.165, 1.54) is 6.42 Å². The monoisotopic (exact) mass is 396 g/mol. The van der Waals surface area contributed by atoms with Gasteiger partial charge < -0.3 is 19.3 Å². The first-order valence-corrected chi connectivity index (χ1v) is 10.2. The lowest BCUT2D eigenvalue weighted by molar-refractivity contribution is -0.134. The summed E-state index contributed by atoms with van der Waals surface area (Å²) < 4.78 is 10.8. The molecule has 2 aliphatic heterocycles. The molecule has 1 fully saturated rings. The molecule has 7 nitrogen and oxygen atoms in total. The fraction of sp³-hybridized carbons (Fsp3) is 0.500. The third-order valence-corrected chi connectivity index (χ3v) is 5.72. The molecule has 0 radical (unpaired) electrons. The average Bonchev–Trinajstić information content (AvgIpc) is 2.77. The Morgan fingerprint density at radius 1 is 1.21 bits per heavy atom. The lowest BCUT2D eigenvalue weighted by Gasteiger charge is -2.31. The van der Waals surface area contributed by atoms with E-state index < -0.39 is 0 Å². The molecule has 1 unspecified atom stereocenters. The number of carbonyl (C=O) groups is 1. The molecule has 0 N–H and O–H groups in total. The Labute approximate surface area is 171 Å². The van der Waals surface area contributed by atoms with E-state index >= 15 is 0 Å². The van der Waals surface area contributed by atoms with Crippen molar-refractivity contribution < 1.29 is 14.3 Å². The third-order valence-electron chi connectivity index (χ3n) is 5.72. The third kappa shape index (κ3) is 4.67. The van der Waals surface area contributed by atoms with Crippen molar-refractivity contribution in [3.05, 3.63) is 47.5 Å². The molecule has 2 aliphatic rings. The Balaban J connectivity index is 1.34. The number of aromatic nitrogens is 2. The molecule has 1 saturated heterocycles. The van der Waals surface area contributed by atoms with E-state index in [0.29, 0.717) is 24.8 Å². The van der Waals surface area contributed by atoms with Gasteiger partial charge in [-0.25, -0.2) is 9.97 Å². The van der Waals surface area contributed by atoms with Gasteiger partial charge in [0.15, 0.2) is 6.61 Å². The van der Waals surface area contributed by atoms with Gasteiger partial charge in [0.1, 0.15) is 17.3 Å². The summed E-state index contributed by atoms with van der Waals surface area (Å²) in [7, 11) is 3.77. The summed E-state index contributed by atoms with van der Waals surface area (Å²) in [5.74, 6) is 2.76. The van der Waals surface area contributed by atoms with Crippen LogP contribution in [-0.2, 0) is 17.8 Å². The van der Waals surface area contributed by atoms with Crippen molar-refractivity contribution >= 4 is 5.91 Å². The normalized spacial score (nSPS) is 19.5. The Morgan fingerprint density at radius 2 is 2.00 bits per heavy atom. The van der Waals surface area contributed by atoms with Crippen molar-refractivity contribution in [2.75, 3.05) is 40.4 Å². The van der Waals surface area contributed by atoms with Crippen molar-refractivity contribution in [3.8, 4) is 11.5 Å². The van der Waals surface area contributed by atoms with Gasteiger partial charge >= 0.3 is 0 Å². The molecule has 1 atom stereocenters. The summed E-state index contributed by atoms with van der Waals surface area (Å²) >= 11 is 0. The Bertz CT molecular complexity index is 856. The number of hydrogen-bond donors (Lipinski definition) is 0. The van der Waals surface area contributed by atoms with Crippen molar-refractivity contribution in [2.45, 2.75) is 31.7 Å². The first-order chi connectivity index (χ1) is 14.1. The topological polar surface area (TPSA) is 67.8 Å². The molecule has 0 bridgehead atoms. The largest absolute Gasteiger partial charge is 0.497 e. The highest BCUT2D eigenvalue weighted by atomic mass is 16.5. The van der Waals surface area contributed by atoms with Crippen LogP contribution in [0.1, 0.15) is 35.8 Å². The van der Waals surface area contributed by atoms with Gasteiger partial charge in [-0.15, -0.1) is 0 Å². The first-order valence-electron chi connectivity index (χ1n) is 10.2. The highest BCUT2D eigenvalue weighted by molar-refractivity contribution is 5.78. The molecule has 2 aromatic rings. The molecule has 0 spiro atoms. The summed E-state index contributed by atoms with van der Waals surface area (Å²) in [5, 5.41) is 0. The Kier molecular flexibility index (Phi) is 5.94. The van der Waals surface area contributed by atoms with Gasteiger partial charge in [0, 0.05) is 43.7 Å². The number of likely N-dealkylation sites (tertiary alicyclic amines) is 1. The van der Waals surface area contributed by atoms with Crippen molar-refractivity contribution in [1.82, 2.24) is 19.8 Å². The second-order valence-corrected chi connectivity index (χ2v) is 7.83. The van der Waals surface area contributed by atoms with Crippen LogP contribution in [0.15, 0.2) is 30.5 Å². The van der Waals surface area contributed by atoms with Gasteiger partial charge in [0.25, 0.3) is 5.91 Å². The minimum atomic E-state index is -0.0237. The summed E-state index contributed by atoms with van der Waals surface area (Å²) in [4.78, 5) is 26.2. The zero-order valence-electron chi connectivity index (χ0n) is 17.1. The van der Waals surface area contributed by atoms with E-state index in [1.54, 1.807) is 19.2 Å². The maximum atomic E-state index is 12.6. The van der Waals surface area contributed by atoms with Crippen LogP contribution in [0, 0.1) is 0 Å². The van der Waals surface area contributed by atoms with E-state index in [9.17, 15) is 4.79 Å². The van der Waals surface area contributed by atoms with Gasteiger partial charge in [0.05, 0.1) is 12.8 Å². The molecule has 0 saturated carbocycles. The predicted octanol–water partition coefficient (Wildman–Crippen LogP) is 2.26. The van der Waals surface area contributed by atoms with Gasteiger partial charge in [0.2, 0.25) is 0 Å². The smallest absolute Gasteiger partial charge is 0.260 e. The SMILES string of the molecule is COc1ccc(OCC(=O)N2CCc3nc(C4CCCN(C)C4)ncc3C2)cc1. The predicted molar refractivity (Wildman–Crippen MR) is 109 cm³/mol. The Hall–Kier alpha value is -2.67. The molecule has 154 valence electrons. The van der Waals surface area contributed by atoms with E-state index in [1.807, 2.05) is 23.2 Å². The maximum absolute atomic E-state index is 12.6. The molecule has 1 aromatic carbocycles. The van der Waals surface area contributed by atoms with Crippen LogP contribution in [0.3, 0.4) is 0 Å². The van der Waals surface area contributed by atoms with E-state index in [4.69, 9.17) is 14.5 Å². The number of nitrogens with zero attached hydrogens (tertiary/aromatic N) is 4. The Morgan fingerprint density at radius 3 is 2.76 bits per heavy atom. The minimum Gasteiger partial charge on any atom is -0.497 e. The molecule has 3 heterocycles. The highest BCUT2D eigenvalue weighted by Crippen LogP contribution is 2.26. The second kappa shape index (κ2) is 8.78. The van der Waals surface area contributed by atoms with E-state index in [0.717, 1.165) is 48.8 Å². The molecule has 7 heteroatoms. The highest BCUT2D eigenvalue weighted by Gasteiger charge is 2.26. The number of fused-ring (bicyclic) bond motifs is 1.